The van der Waals surface area contributed by atoms with Gasteiger partial charge < -0.3 is 35.4 Å². The van der Waals surface area contributed by atoms with Crippen LogP contribution in [0.25, 0.3) is 0 Å². The molecule has 7 aliphatic rings. The van der Waals surface area contributed by atoms with Crippen molar-refractivity contribution in [3.8, 4) is 0 Å². The number of aliphatic hydroxyl groups excluding tert-OH is 2. The molecule has 11 heteroatoms. The number of rotatable bonds is 14. The number of hydroxylamine groups is 2. The van der Waals surface area contributed by atoms with Gasteiger partial charge in [-0.2, -0.15) is 5.06 Å². The van der Waals surface area contributed by atoms with Gasteiger partial charge in [0.05, 0.1) is 18.8 Å². The lowest BCUT2D eigenvalue weighted by Crippen LogP contribution is -2.62. The molecule has 0 aromatic heterocycles. The second-order valence-corrected chi connectivity index (χ2v) is 20.3. The standard InChI is InChI=1S/C44H79N5O6/c1-26-36-22-32(44(36,3)4)23-37(26)46-43(53)40-39(27(2)51)38(25-50)55-49(40)24-29-11-10-12-35(41(29)54-9)30-19-31(21-34(20-30)48(7)8)42(52)45-18-17-28-13-15-33(16-14-28)47(5)6/h26-41,50-51H,10-25H2,1-9H3,(H,45,52)(H,46,53)/t26-,27-,28?,29?,30?,31?,32+,33?,34?,35?,36-,37-,38-,39+,40-,41?/m0/s1. The molecule has 7 rings (SSSR count). The summed E-state index contributed by atoms with van der Waals surface area (Å²) >= 11 is 0. The second kappa shape index (κ2) is 18.3. The highest BCUT2D eigenvalue weighted by Gasteiger charge is 2.58. The number of ether oxygens (including phenoxy) is 1. The van der Waals surface area contributed by atoms with Crippen LogP contribution in [0.15, 0.2) is 0 Å². The van der Waals surface area contributed by atoms with E-state index in [1.165, 1.54) is 32.1 Å². The first-order valence-electron chi connectivity index (χ1n) is 22.3. The first-order chi connectivity index (χ1) is 26.1. The van der Waals surface area contributed by atoms with Crippen molar-refractivity contribution in [2.45, 2.75) is 154 Å². The van der Waals surface area contributed by atoms with Gasteiger partial charge in [-0.25, -0.2) is 0 Å². The van der Waals surface area contributed by atoms with E-state index >= 15 is 0 Å². The summed E-state index contributed by atoms with van der Waals surface area (Å²) in [6.07, 6.45) is 12.7. The number of carbonyl (C=O) groups is 2. The maximum atomic E-state index is 14.3. The Hall–Kier alpha value is -1.34. The van der Waals surface area contributed by atoms with E-state index in [9.17, 15) is 19.8 Å². The maximum Gasteiger partial charge on any atom is 0.240 e. The average Bonchev–Trinajstić information content (AvgIpc) is 3.53. The summed E-state index contributed by atoms with van der Waals surface area (Å²) in [4.78, 5) is 39.2. The van der Waals surface area contributed by atoms with Crippen LogP contribution in [-0.2, 0) is 19.2 Å². The highest BCUT2D eigenvalue weighted by molar-refractivity contribution is 5.83. The van der Waals surface area contributed by atoms with Crippen LogP contribution in [-0.4, -0.2) is 134 Å². The Kier molecular flexibility index (Phi) is 14.4. The average molecular weight is 774 g/mol. The number of amides is 2. The Labute approximate surface area is 333 Å². The zero-order valence-corrected chi connectivity index (χ0v) is 35.9. The molecule has 0 radical (unpaired) electrons. The number of nitrogens with one attached hydrogen (secondary N) is 2. The largest absolute Gasteiger partial charge is 0.394 e. The first-order valence-corrected chi connectivity index (χ1v) is 22.3. The van der Waals surface area contributed by atoms with Gasteiger partial charge in [0.1, 0.15) is 12.1 Å². The van der Waals surface area contributed by atoms with Gasteiger partial charge in [-0.05, 0) is 153 Å². The van der Waals surface area contributed by atoms with Crippen molar-refractivity contribution < 1.29 is 29.4 Å². The Morgan fingerprint density at radius 1 is 0.945 bits per heavy atom. The Bertz CT molecular complexity index is 1270. The molecule has 2 bridgehead atoms. The van der Waals surface area contributed by atoms with Crippen LogP contribution in [0, 0.1) is 58.7 Å². The molecule has 6 unspecified atom stereocenters. The number of aliphatic hydroxyl groups is 2. The summed E-state index contributed by atoms with van der Waals surface area (Å²) in [6.45, 7) is 9.73. The summed E-state index contributed by atoms with van der Waals surface area (Å²) in [7, 11) is 10.5. The van der Waals surface area contributed by atoms with Crippen molar-refractivity contribution in [1.82, 2.24) is 25.5 Å². The van der Waals surface area contributed by atoms with Crippen molar-refractivity contribution in [1.29, 1.82) is 0 Å². The molecule has 1 aliphatic heterocycles. The van der Waals surface area contributed by atoms with Crippen molar-refractivity contribution in [3.63, 3.8) is 0 Å². The Morgan fingerprint density at radius 2 is 1.65 bits per heavy atom. The van der Waals surface area contributed by atoms with E-state index in [2.05, 4.69) is 69.4 Å². The van der Waals surface area contributed by atoms with Gasteiger partial charge in [0.15, 0.2) is 0 Å². The maximum absolute atomic E-state index is 14.3. The molecule has 0 aromatic carbocycles. The van der Waals surface area contributed by atoms with Crippen molar-refractivity contribution >= 4 is 11.8 Å². The quantitative estimate of drug-likeness (QED) is 0.201. The predicted molar refractivity (Wildman–Crippen MR) is 216 cm³/mol. The lowest BCUT2D eigenvalue weighted by atomic mass is 9.45. The van der Waals surface area contributed by atoms with E-state index in [0.29, 0.717) is 59.6 Å². The third kappa shape index (κ3) is 9.28. The summed E-state index contributed by atoms with van der Waals surface area (Å²) in [5.74, 6) is 2.62. The predicted octanol–water partition coefficient (Wildman–Crippen LogP) is 4.55. The molecule has 14 atom stereocenters. The highest BCUT2D eigenvalue weighted by Crippen LogP contribution is 2.61. The van der Waals surface area contributed by atoms with Gasteiger partial charge in [-0.1, -0.05) is 27.2 Å². The Morgan fingerprint density at radius 3 is 2.25 bits per heavy atom. The van der Waals surface area contributed by atoms with Gasteiger partial charge in [0.25, 0.3) is 0 Å². The van der Waals surface area contributed by atoms with Gasteiger partial charge in [0.2, 0.25) is 11.8 Å². The molecule has 1 heterocycles. The molecule has 1 saturated heterocycles. The smallest absolute Gasteiger partial charge is 0.240 e. The number of carbonyl (C=O) groups excluding carboxylic acids is 2. The van der Waals surface area contributed by atoms with Crippen LogP contribution < -0.4 is 10.6 Å². The lowest BCUT2D eigenvalue weighted by Gasteiger charge is -2.62. The third-order valence-corrected chi connectivity index (χ3v) is 16.6. The molecular weight excluding hydrogens is 695 g/mol. The number of hydrogen-bond donors (Lipinski definition) is 4. The fraction of sp³-hybridized carbons (Fsp3) is 0.955. The number of nitrogens with zero attached hydrogens (tertiary/aromatic N) is 3. The zero-order chi connectivity index (χ0) is 39.8. The van der Waals surface area contributed by atoms with Gasteiger partial charge >= 0.3 is 0 Å². The van der Waals surface area contributed by atoms with Crippen molar-refractivity contribution in [2.75, 3.05) is 55.0 Å². The van der Waals surface area contributed by atoms with Gasteiger partial charge in [-0.15, -0.1) is 0 Å². The zero-order valence-electron chi connectivity index (χ0n) is 35.9. The summed E-state index contributed by atoms with van der Waals surface area (Å²) in [5.41, 5.74) is 0.319. The minimum absolute atomic E-state index is 0.0144. The summed E-state index contributed by atoms with van der Waals surface area (Å²) in [6, 6.07) is 0.431. The fourth-order valence-corrected chi connectivity index (χ4v) is 12.9. The molecule has 316 valence electrons. The molecule has 0 spiro atoms. The summed E-state index contributed by atoms with van der Waals surface area (Å²) in [5, 5.41) is 30.0. The van der Waals surface area contributed by atoms with Crippen LogP contribution in [0.4, 0.5) is 0 Å². The highest BCUT2D eigenvalue weighted by atomic mass is 16.7. The van der Waals surface area contributed by atoms with E-state index < -0.39 is 24.2 Å². The van der Waals surface area contributed by atoms with E-state index in [-0.39, 0.29) is 42.4 Å². The molecule has 2 amide bonds. The van der Waals surface area contributed by atoms with E-state index in [4.69, 9.17) is 9.57 Å². The lowest BCUT2D eigenvalue weighted by molar-refractivity contribution is -0.193. The van der Waals surface area contributed by atoms with Gasteiger partial charge in [-0.3, -0.25) is 14.4 Å². The minimum Gasteiger partial charge on any atom is -0.394 e. The molecule has 7 fully saturated rings. The van der Waals surface area contributed by atoms with E-state index in [1.54, 1.807) is 12.0 Å². The third-order valence-electron chi connectivity index (χ3n) is 16.6. The molecule has 11 nitrogen and oxygen atoms in total. The van der Waals surface area contributed by atoms with E-state index in [1.807, 2.05) is 7.11 Å². The van der Waals surface area contributed by atoms with Crippen molar-refractivity contribution in [2.24, 2.45) is 58.7 Å². The SMILES string of the molecule is COC1C(CN2O[C@@H](CO)[C@@H]([C@H](C)O)[C@H]2C(=O)N[C@H]2C[C@H]3C[C@@H]([C@@H]2C)C3(C)C)CCCC1C1CC(C(=O)NCCC2CCC(N(C)C)CC2)CC(N(C)C)C1. The van der Waals surface area contributed by atoms with Crippen LogP contribution in [0.3, 0.4) is 0 Å². The number of methoxy groups -OCH3 is 1. The normalized spacial score (nSPS) is 42.5. The fourth-order valence-electron chi connectivity index (χ4n) is 12.9. The van der Waals surface area contributed by atoms with Gasteiger partial charge in [0, 0.05) is 56.1 Å². The molecule has 6 aliphatic carbocycles. The minimum atomic E-state index is -0.822. The van der Waals surface area contributed by atoms with Crippen molar-refractivity contribution in [3.05, 3.63) is 0 Å². The molecule has 0 aromatic rings. The van der Waals surface area contributed by atoms with Crippen LogP contribution in [0.5, 0.6) is 0 Å². The van der Waals surface area contributed by atoms with E-state index in [0.717, 1.165) is 57.9 Å². The van der Waals surface area contributed by atoms with Crippen LogP contribution in [0.2, 0.25) is 0 Å². The molecule has 6 saturated carbocycles. The van der Waals surface area contributed by atoms with Crippen LogP contribution in [0.1, 0.15) is 111 Å². The number of hydrogen-bond acceptors (Lipinski definition) is 9. The first kappa shape index (κ1) is 43.2. The monoisotopic (exact) mass is 774 g/mol. The molecule has 55 heavy (non-hydrogen) atoms. The number of fused-ring (bicyclic) bond motifs is 2. The topological polar surface area (TPSA) is 127 Å². The molecular formula is C44H79N5O6. The second-order valence-electron chi connectivity index (χ2n) is 20.3. The summed E-state index contributed by atoms with van der Waals surface area (Å²) < 4.78 is 6.42. The molecule has 4 N–H and O–H groups in total. The van der Waals surface area contributed by atoms with Crippen LogP contribution >= 0.6 is 0 Å². The Balaban J connectivity index is 1.10.